The van der Waals surface area contributed by atoms with Crippen LogP contribution in [-0.2, 0) is 6.54 Å². The Morgan fingerprint density at radius 1 is 1.08 bits per heavy atom. The predicted molar refractivity (Wildman–Crippen MR) is 100 cm³/mol. The van der Waals surface area contributed by atoms with Gasteiger partial charge in [-0.05, 0) is 18.9 Å². The maximum absolute atomic E-state index is 12.7. The van der Waals surface area contributed by atoms with Crippen LogP contribution in [0.2, 0.25) is 0 Å². The smallest absolute Gasteiger partial charge is 0.255 e. The minimum atomic E-state index is -0.0764. The molecule has 1 aromatic heterocycles. The highest BCUT2D eigenvalue weighted by Crippen LogP contribution is 2.22. The average Bonchev–Trinajstić information content (AvgIpc) is 3.07. The molecular formula is C21H23N3O. The van der Waals surface area contributed by atoms with E-state index in [4.69, 9.17) is 0 Å². The summed E-state index contributed by atoms with van der Waals surface area (Å²) in [5, 5.41) is 7.73. The molecule has 128 valence electrons. The maximum atomic E-state index is 12.7. The number of benzene rings is 2. The highest BCUT2D eigenvalue weighted by molar-refractivity contribution is 5.99. The summed E-state index contributed by atoms with van der Waals surface area (Å²) >= 11 is 0. The molecule has 1 heterocycles. The first-order valence-corrected chi connectivity index (χ1v) is 8.65. The molecule has 25 heavy (non-hydrogen) atoms. The van der Waals surface area contributed by atoms with E-state index in [0.29, 0.717) is 12.1 Å². The van der Waals surface area contributed by atoms with Crippen molar-refractivity contribution in [2.45, 2.75) is 32.9 Å². The SMILES string of the molecule is CC[C@H](C)NC(=O)c1cn(Cc2ccccc2)nc1-c1ccccc1. The Hall–Kier alpha value is -2.88. The summed E-state index contributed by atoms with van der Waals surface area (Å²) in [6.45, 7) is 4.70. The first kappa shape index (κ1) is 17.0. The Labute approximate surface area is 148 Å². The average molecular weight is 333 g/mol. The third-order valence-electron chi connectivity index (χ3n) is 4.23. The summed E-state index contributed by atoms with van der Waals surface area (Å²) in [5.41, 5.74) is 3.43. The molecule has 0 bridgehead atoms. The molecule has 1 amide bonds. The number of nitrogens with one attached hydrogen (secondary N) is 1. The van der Waals surface area contributed by atoms with E-state index in [2.05, 4.69) is 29.5 Å². The van der Waals surface area contributed by atoms with E-state index in [1.807, 2.05) is 66.3 Å². The van der Waals surface area contributed by atoms with Gasteiger partial charge in [0, 0.05) is 17.8 Å². The Morgan fingerprint density at radius 3 is 2.36 bits per heavy atom. The zero-order chi connectivity index (χ0) is 17.6. The molecule has 4 nitrogen and oxygen atoms in total. The van der Waals surface area contributed by atoms with E-state index in [-0.39, 0.29) is 11.9 Å². The standard InChI is InChI=1S/C21H23N3O/c1-3-16(2)22-21(25)19-15-24(14-17-10-6-4-7-11-17)23-20(19)18-12-8-5-9-13-18/h4-13,15-16H,3,14H2,1-2H3,(H,22,25)/t16-/m0/s1. The monoisotopic (exact) mass is 333 g/mol. The van der Waals surface area contributed by atoms with Gasteiger partial charge < -0.3 is 5.32 Å². The van der Waals surface area contributed by atoms with Gasteiger partial charge in [0.2, 0.25) is 0 Å². The Balaban J connectivity index is 1.95. The van der Waals surface area contributed by atoms with Crippen LogP contribution >= 0.6 is 0 Å². The van der Waals surface area contributed by atoms with Crippen molar-refractivity contribution in [1.82, 2.24) is 15.1 Å². The summed E-state index contributed by atoms with van der Waals surface area (Å²) in [7, 11) is 0. The lowest BCUT2D eigenvalue weighted by atomic mass is 10.1. The van der Waals surface area contributed by atoms with Gasteiger partial charge in [0.25, 0.3) is 5.91 Å². The fourth-order valence-electron chi connectivity index (χ4n) is 2.65. The first-order valence-electron chi connectivity index (χ1n) is 8.65. The van der Waals surface area contributed by atoms with E-state index in [9.17, 15) is 4.79 Å². The van der Waals surface area contributed by atoms with E-state index >= 15 is 0 Å². The van der Waals surface area contributed by atoms with Gasteiger partial charge in [-0.25, -0.2) is 0 Å². The third-order valence-corrected chi connectivity index (χ3v) is 4.23. The molecule has 0 unspecified atom stereocenters. The minimum absolute atomic E-state index is 0.0764. The fraction of sp³-hybridized carbons (Fsp3) is 0.238. The molecule has 0 aliphatic rings. The van der Waals surface area contributed by atoms with Gasteiger partial charge in [-0.3, -0.25) is 9.48 Å². The second-order valence-corrected chi connectivity index (χ2v) is 6.22. The number of carbonyl (C=O) groups excluding carboxylic acids is 1. The van der Waals surface area contributed by atoms with Crippen molar-refractivity contribution in [2.24, 2.45) is 0 Å². The number of hydrogen-bond donors (Lipinski definition) is 1. The van der Waals surface area contributed by atoms with Crippen LogP contribution in [0.3, 0.4) is 0 Å². The Bertz CT molecular complexity index is 825. The van der Waals surface area contributed by atoms with Crippen LogP contribution in [-0.4, -0.2) is 21.7 Å². The summed E-state index contributed by atoms with van der Waals surface area (Å²) < 4.78 is 1.84. The number of nitrogens with zero attached hydrogens (tertiary/aromatic N) is 2. The summed E-state index contributed by atoms with van der Waals surface area (Å²) in [5.74, 6) is -0.0764. The molecular weight excluding hydrogens is 310 g/mol. The molecule has 0 saturated heterocycles. The molecule has 0 aliphatic carbocycles. The number of carbonyl (C=O) groups is 1. The van der Waals surface area contributed by atoms with Crippen LogP contribution in [0.15, 0.2) is 66.9 Å². The fourth-order valence-corrected chi connectivity index (χ4v) is 2.65. The van der Waals surface area contributed by atoms with E-state index in [1.54, 1.807) is 0 Å². The van der Waals surface area contributed by atoms with Crippen molar-refractivity contribution in [3.8, 4) is 11.3 Å². The zero-order valence-corrected chi connectivity index (χ0v) is 14.6. The largest absolute Gasteiger partial charge is 0.349 e. The minimum Gasteiger partial charge on any atom is -0.349 e. The molecule has 0 radical (unpaired) electrons. The van der Waals surface area contributed by atoms with Gasteiger partial charge >= 0.3 is 0 Å². The molecule has 0 fully saturated rings. The molecule has 0 saturated carbocycles. The Kier molecular flexibility index (Phi) is 5.29. The number of rotatable bonds is 6. The number of amides is 1. The summed E-state index contributed by atoms with van der Waals surface area (Å²) in [6.07, 6.45) is 2.73. The molecule has 0 spiro atoms. The van der Waals surface area contributed by atoms with E-state index < -0.39 is 0 Å². The molecule has 4 heteroatoms. The van der Waals surface area contributed by atoms with Crippen LogP contribution in [0, 0.1) is 0 Å². The van der Waals surface area contributed by atoms with Crippen molar-refractivity contribution in [3.05, 3.63) is 78.0 Å². The van der Waals surface area contributed by atoms with Gasteiger partial charge in [-0.2, -0.15) is 5.10 Å². The topological polar surface area (TPSA) is 46.9 Å². The number of aromatic nitrogens is 2. The van der Waals surface area contributed by atoms with Gasteiger partial charge in [-0.1, -0.05) is 67.6 Å². The predicted octanol–water partition coefficient (Wildman–Crippen LogP) is 4.13. The van der Waals surface area contributed by atoms with Gasteiger partial charge in [0.15, 0.2) is 0 Å². The molecule has 0 aliphatic heterocycles. The van der Waals surface area contributed by atoms with Crippen LogP contribution in [0.1, 0.15) is 36.2 Å². The second-order valence-electron chi connectivity index (χ2n) is 6.22. The quantitative estimate of drug-likeness (QED) is 0.737. The molecule has 1 N–H and O–H groups in total. The molecule has 2 aromatic carbocycles. The van der Waals surface area contributed by atoms with Crippen LogP contribution in [0.4, 0.5) is 0 Å². The highest BCUT2D eigenvalue weighted by atomic mass is 16.1. The first-order chi connectivity index (χ1) is 12.2. The van der Waals surface area contributed by atoms with Crippen LogP contribution < -0.4 is 5.32 Å². The van der Waals surface area contributed by atoms with Gasteiger partial charge in [0.1, 0.15) is 5.69 Å². The number of hydrogen-bond acceptors (Lipinski definition) is 2. The molecule has 1 atom stereocenters. The van der Waals surface area contributed by atoms with Gasteiger partial charge in [-0.15, -0.1) is 0 Å². The molecule has 3 rings (SSSR count). The van der Waals surface area contributed by atoms with E-state index in [1.165, 1.54) is 0 Å². The zero-order valence-electron chi connectivity index (χ0n) is 14.6. The lowest BCUT2D eigenvalue weighted by molar-refractivity contribution is 0.0940. The molecule has 3 aromatic rings. The second kappa shape index (κ2) is 7.79. The van der Waals surface area contributed by atoms with Crippen molar-refractivity contribution in [3.63, 3.8) is 0 Å². The van der Waals surface area contributed by atoms with E-state index in [0.717, 1.165) is 23.2 Å². The normalized spacial score (nSPS) is 11.9. The highest BCUT2D eigenvalue weighted by Gasteiger charge is 2.19. The third kappa shape index (κ3) is 4.15. The lowest BCUT2D eigenvalue weighted by Gasteiger charge is -2.11. The van der Waals surface area contributed by atoms with Crippen LogP contribution in [0.5, 0.6) is 0 Å². The van der Waals surface area contributed by atoms with Crippen molar-refractivity contribution in [1.29, 1.82) is 0 Å². The van der Waals surface area contributed by atoms with Crippen LogP contribution in [0.25, 0.3) is 11.3 Å². The summed E-state index contributed by atoms with van der Waals surface area (Å²) in [4.78, 5) is 12.7. The lowest BCUT2D eigenvalue weighted by Crippen LogP contribution is -2.32. The summed E-state index contributed by atoms with van der Waals surface area (Å²) in [6, 6.07) is 20.1. The van der Waals surface area contributed by atoms with Gasteiger partial charge in [0.05, 0.1) is 12.1 Å². The van der Waals surface area contributed by atoms with Crippen molar-refractivity contribution < 1.29 is 4.79 Å². The Morgan fingerprint density at radius 2 is 1.72 bits per heavy atom. The maximum Gasteiger partial charge on any atom is 0.255 e. The van der Waals surface area contributed by atoms with Crippen molar-refractivity contribution in [2.75, 3.05) is 0 Å². The van der Waals surface area contributed by atoms with Crippen molar-refractivity contribution >= 4 is 5.91 Å².